The van der Waals surface area contributed by atoms with Crippen molar-refractivity contribution >= 4 is 56.3 Å². The maximum absolute atomic E-state index is 14.5. The van der Waals surface area contributed by atoms with Crippen molar-refractivity contribution in [2.75, 3.05) is 35.7 Å². The van der Waals surface area contributed by atoms with Crippen LogP contribution < -0.4 is 25.6 Å². The SMILES string of the molecule is COc1ccc(Nc2nc(N3C[C@@H](C)N[C@@H](C)C3)ncc2F)cc1NC(=O)c1cc(Br)cs1. The number of aromatic nitrogens is 2. The Morgan fingerprint density at radius 3 is 2.73 bits per heavy atom. The van der Waals surface area contributed by atoms with Crippen LogP contribution in [0.3, 0.4) is 0 Å². The Bertz CT molecular complexity index is 1150. The van der Waals surface area contributed by atoms with Gasteiger partial charge in [-0.3, -0.25) is 4.79 Å². The number of thiophene rings is 1. The van der Waals surface area contributed by atoms with Gasteiger partial charge in [-0.25, -0.2) is 9.37 Å². The standard InChI is InChI=1S/C22H24BrFN6O2S/c1-12-9-30(10-13(2)26-12)22-25-8-16(24)20(29-22)27-15-4-5-18(32-3)17(7-15)28-21(31)19-6-14(23)11-33-19/h4-8,11-13,26H,9-10H2,1-3H3,(H,28,31)(H,25,27,29)/t12-,13+. The smallest absolute Gasteiger partial charge is 0.265 e. The summed E-state index contributed by atoms with van der Waals surface area (Å²) in [6, 6.07) is 7.39. The predicted octanol–water partition coefficient (Wildman–Crippen LogP) is 4.63. The molecule has 0 radical (unpaired) electrons. The molecular formula is C22H24BrFN6O2S. The van der Waals surface area contributed by atoms with Gasteiger partial charge in [-0.15, -0.1) is 11.3 Å². The van der Waals surface area contributed by atoms with E-state index in [-0.39, 0.29) is 23.8 Å². The second-order valence-electron chi connectivity index (χ2n) is 7.86. The Labute approximate surface area is 203 Å². The highest BCUT2D eigenvalue weighted by molar-refractivity contribution is 9.10. The van der Waals surface area contributed by atoms with Crippen molar-refractivity contribution in [3.63, 3.8) is 0 Å². The first-order chi connectivity index (χ1) is 15.8. The fourth-order valence-electron chi connectivity index (χ4n) is 3.72. The van der Waals surface area contributed by atoms with Crippen LogP contribution in [0.1, 0.15) is 23.5 Å². The molecule has 0 saturated carbocycles. The van der Waals surface area contributed by atoms with Gasteiger partial charge in [0.1, 0.15) is 5.75 Å². The quantitative estimate of drug-likeness (QED) is 0.424. The van der Waals surface area contributed by atoms with Crippen LogP contribution in [-0.2, 0) is 0 Å². The highest BCUT2D eigenvalue weighted by Gasteiger charge is 2.24. The van der Waals surface area contributed by atoms with E-state index in [1.165, 1.54) is 24.6 Å². The van der Waals surface area contributed by atoms with E-state index >= 15 is 0 Å². The molecule has 2 atom stereocenters. The number of piperazine rings is 1. The van der Waals surface area contributed by atoms with Crippen molar-refractivity contribution < 1.29 is 13.9 Å². The van der Waals surface area contributed by atoms with Crippen LogP contribution in [0.5, 0.6) is 5.75 Å². The number of carbonyl (C=O) groups excluding carboxylic acids is 1. The van der Waals surface area contributed by atoms with Crippen LogP contribution in [0.15, 0.2) is 40.3 Å². The third-order valence-corrected chi connectivity index (χ3v) is 6.76. The monoisotopic (exact) mass is 534 g/mol. The highest BCUT2D eigenvalue weighted by Crippen LogP contribution is 2.31. The van der Waals surface area contributed by atoms with Gasteiger partial charge in [-0.1, -0.05) is 0 Å². The van der Waals surface area contributed by atoms with Crippen LogP contribution >= 0.6 is 27.3 Å². The zero-order chi connectivity index (χ0) is 23.5. The fraction of sp³-hybridized carbons (Fsp3) is 0.318. The number of amides is 1. The number of halogens is 2. The van der Waals surface area contributed by atoms with Gasteiger partial charge >= 0.3 is 0 Å². The van der Waals surface area contributed by atoms with Crippen LogP contribution in [0.4, 0.5) is 27.5 Å². The first-order valence-electron chi connectivity index (χ1n) is 10.4. The lowest BCUT2D eigenvalue weighted by Gasteiger charge is -2.36. The molecule has 3 heterocycles. The summed E-state index contributed by atoms with van der Waals surface area (Å²) >= 11 is 4.68. The van der Waals surface area contributed by atoms with Crippen LogP contribution in [0.25, 0.3) is 0 Å². The Morgan fingerprint density at radius 2 is 2.06 bits per heavy atom. The van der Waals surface area contributed by atoms with Gasteiger partial charge in [-0.05, 0) is 54.0 Å². The maximum Gasteiger partial charge on any atom is 0.265 e. The molecule has 2 aromatic heterocycles. The Hall–Kier alpha value is -2.76. The number of methoxy groups -OCH3 is 1. The summed E-state index contributed by atoms with van der Waals surface area (Å²) in [4.78, 5) is 23.8. The van der Waals surface area contributed by atoms with Crippen molar-refractivity contribution in [1.82, 2.24) is 15.3 Å². The van der Waals surface area contributed by atoms with Gasteiger partial charge in [0.25, 0.3) is 5.91 Å². The predicted molar refractivity (Wildman–Crippen MR) is 133 cm³/mol. The largest absolute Gasteiger partial charge is 0.495 e. The van der Waals surface area contributed by atoms with Crippen molar-refractivity contribution in [2.45, 2.75) is 25.9 Å². The first-order valence-corrected chi connectivity index (χ1v) is 12.0. The van der Waals surface area contributed by atoms with Crippen molar-refractivity contribution in [3.8, 4) is 5.75 Å². The molecule has 1 amide bonds. The number of benzene rings is 1. The summed E-state index contributed by atoms with van der Waals surface area (Å²) in [5.74, 6) is 0.170. The molecule has 1 fully saturated rings. The second-order valence-corrected chi connectivity index (χ2v) is 9.69. The molecule has 1 aliphatic heterocycles. The van der Waals surface area contributed by atoms with Crippen molar-refractivity contribution in [1.29, 1.82) is 0 Å². The number of carbonyl (C=O) groups is 1. The molecule has 0 unspecified atom stereocenters. The molecule has 1 aliphatic rings. The fourth-order valence-corrected chi connectivity index (χ4v) is 5.05. The minimum absolute atomic E-state index is 0.0588. The summed E-state index contributed by atoms with van der Waals surface area (Å²) in [6.07, 6.45) is 1.17. The average Bonchev–Trinajstić information content (AvgIpc) is 3.21. The van der Waals surface area contributed by atoms with E-state index in [1.807, 2.05) is 10.3 Å². The van der Waals surface area contributed by atoms with Crippen LogP contribution in [-0.4, -0.2) is 48.2 Å². The minimum Gasteiger partial charge on any atom is -0.495 e. The molecule has 4 rings (SSSR count). The lowest BCUT2D eigenvalue weighted by atomic mass is 10.1. The lowest BCUT2D eigenvalue weighted by molar-refractivity contribution is 0.103. The normalized spacial score (nSPS) is 18.2. The summed E-state index contributed by atoms with van der Waals surface area (Å²) < 4.78 is 20.8. The van der Waals surface area contributed by atoms with Gasteiger partial charge in [0.2, 0.25) is 5.95 Å². The van der Waals surface area contributed by atoms with E-state index in [9.17, 15) is 9.18 Å². The molecule has 8 nitrogen and oxygen atoms in total. The molecule has 0 spiro atoms. The topological polar surface area (TPSA) is 91.4 Å². The van der Waals surface area contributed by atoms with Gasteiger partial charge < -0.3 is 25.6 Å². The Morgan fingerprint density at radius 1 is 1.30 bits per heavy atom. The minimum atomic E-state index is -0.570. The summed E-state index contributed by atoms with van der Waals surface area (Å²) in [6.45, 7) is 5.64. The summed E-state index contributed by atoms with van der Waals surface area (Å²) in [5.41, 5.74) is 1.00. The average molecular weight is 535 g/mol. The van der Waals surface area contributed by atoms with Gasteiger partial charge in [0, 0.05) is 40.7 Å². The van der Waals surface area contributed by atoms with Gasteiger partial charge in [0.15, 0.2) is 11.6 Å². The number of nitrogens with zero attached hydrogens (tertiary/aromatic N) is 3. The molecule has 33 heavy (non-hydrogen) atoms. The second kappa shape index (κ2) is 10.0. The number of hydrogen-bond acceptors (Lipinski definition) is 8. The summed E-state index contributed by atoms with van der Waals surface area (Å²) in [7, 11) is 1.52. The number of rotatable bonds is 6. The third kappa shape index (κ3) is 5.60. The molecule has 1 saturated heterocycles. The van der Waals surface area contributed by atoms with Crippen molar-refractivity contribution in [2.24, 2.45) is 0 Å². The molecule has 0 bridgehead atoms. The van der Waals surface area contributed by atoms with E-state index in [4.69, 9.17) is 4.74 Å². The zero-order valence-corrected chi connectivity index (χ0v) is 20.8. The van der Waals surface area contributed by atoms with Crippen LogP contribution in [0, 0.1) is 5.82 Å². The lowest BCUT2D eigenvalue weighted by Crippen LogP contribution is -2.54. The molecule has 1 aromatic carbocycles. The Balaban J connectivity index is 1.56. The highest BCUT2D eigenvalue weighted by atomic mass is 79.9. The zero-order valence-electron chi connectivity index (χ0n) is 18.4. The number of nitrogens with one attached hydrogen (secondary N) is 3. The number of anilines is 4. The Kier molecular flexibility index (Phi) is 7.11. The molecule has 3 aromatic rings. The van der Waals surface area contributed by atoms with E-state index in [0.29, 0.717) is 27.9 Å². The first kappa shape index (κ1) is 23.4. The molecule has 174 valence electrons. The van der Waals surface area contributed by atoms with Gasteiger partial charge in [0.05, 0.1) is 23.9 Å². The summed E-state index contributed by atoms with van der Waals surface area (Å²) in [5, 5.41) is 11.1. The molecule has 3 N–H and O–H groups in total. The molecular weight excluding hydrogens is 511 g/mol. The van der Waals surface area contributed by atoms with E-state index < -0.39 is 5.82 Å². The molecule has 0 aliphatic carbocycles. The maximum atomic E-state index is 14.5. The third-order valence-electron chi connectivity index (χ3n) is 5.07. The number of hydrogen-bond donors (Lipinski definition) is 3. The van der Waals surface area contributed by atoms with E-state index in [0.717, 1.165) is 17.6 Å². The van der Waals surface area contributed by atoms with E-state index in [2.05, 4.69) is 55.7 Å². The van der Waals surface area contributed by atoms with Crippen molar-refractivity contribution in [3.05, 3.63) is 51.0 Å². The number of ether oxygens (including phenoxy) is 1. The van der Waals surface area contributed by atoms with Gasteiger partial charge in [-0.2, -0.15) is 4.98 Å². The van der Waals surface area contributed by atoms with Crippen LogP contribution in [0.2, 0.25) is 0 Å². The van der Waals surface area contributed by atoms with E-state index in [1.54, 1.807) is 24.3 Å². The molecule has 11 heteroatoms.